The number of para-hydroxylation sites is 1. The molecule has 0 atom stereocenters. The maximum Gasteiger partial charge on any atom is 0.227 e. The van der Waals surface area contributed by atoms with Crippen molar-refractivity contribution >= 4 is 22.6 Å². The third-order valence-electron chi connectivity index (χ3n) is 4.53. The number of fused-ring (bicyclic) bond motifs is 1. The summed E-state index contributed by atoms with van der Waals surface area (Å²) in [6.07, 6.45) is 4.05. The number of nitrogens with one attached hydrogen (secondary N) is 1. The second-order valence-corrected chi connectivity index (χ2v) is 5.99. The Morgan fingerprint density at radius 2 is 1.92 bits per heavy atom. The Morgan fingerprint density at radius 1 is 1.08 bits per heavy atom. The Morgan fingerprint density at radius 3 is 2.71 bits per heavy atom. The number of benzene rings is 1. The van der Waals surface area contributed by atoms with E-state index in [4.69, 9.17) is 0 Å². The number of anilines is 1. The van der Waals surface area contributed by atoms with Gasteiger partial charge in [0.1, 0.15) is 0 Å². The average Bonchev–Trinajstić information content (AvgIpc) is 3.06. The first-order valence-corrected chi connectivity index (χ1v) is 8.17. The molecular formula is C18H19N5O. The quantitative estimate of drug-likeness (QED) is 0.799. The molecule has 1 saturated heterocycles. The van der Waals surface area contributed by atoms with Gasteiger partial charge in [0.2, 0.25) is 5.91 Å². The highest BCUT2D eigenvalue weighted by molar-refractivity contribution is 5.89. The summed E-state index contributed by atoms with van der Waals surface area (Å²) in [7, 11) is 0. The van der Waals surface area contributed by atoms with Crippen LogP contribution < -0.4 is 4.90 Å². The molecule has 1 amide bonds. The van der Waals surface area contributed by atoms with Crippen LogP contribution in [0.4, 0.5) is 5.82 Å². The lowest BCUT2D eigenvalue weighted by molar-refractivity contribution is -0.130. The van der Waals surface area contributed by atoms with Gasteiger partial charge in [0.05, 0.1) is 6.42 Å². The topological polar surface area (TPSA) is 65.1 Å². The molecule has 1 N–H and O–H groups in total. The van der Waals surface area contributed by atoms with Gasteiger partial charge in [-0.3, -0.25) is 4.79 Å². The Hall–Kier alpha value is -2.89. The predicted molar refractivity (Wildman–Crippen MR) is 92.8 cm³/mol. The largest absolute Gasteiger partial charge is 0.361 e. The first kappa shape index (κ1) is 14.7. The van der Waals surface area contributed by atoms with Crippen molar-refractivity contribution in [2.24, 2.45) is 0 Å². The van der Waals surface area contributed by atoms with Gasteiger partial charge < -0.3 is 14.8 Å². The number of nitrogens with zero attached hydrogens (tertiary/aromatic N) is 4. The fourth-order valence-electron chi connectivity index (χ4n) is 3.20. The predicted octanol–water partition coefficient (Wildman–Crippen LogP) is 1.85. The van der Waals surface area contributed by atoms with Gasteiger partial charge in [-0.15, -0.1) is 5.10 Å². The molecule has 1 aromatic carbocycles. The van der Waals surface area contributed by atoms with E-state index in [1.165, 1.54) is 0 Å². The number of aromatic nitrogens is 3. The summed E-state index contributed by atoms with van der Waals surface area (Å²) >= 11 is 0. The highest BCUT2D eigenvalue weighted by atomic mass is 16.2. The molecule has 3 heterocycles. The summed E-state index contributed by atoms with van der Waals surface area (Å²) in [5, 5.41) is 9.18. The normalized spacial score (nSPS) is 15.0. The highest BCUT2D eigenvalue weighted by Gasteiger charge is 2.22. The molecule has 6 nitrogen and oxygen atoms in total. The van der Waals surface area contributed by atoms with Crippen molar-refractivity contribution in [2.45, 2.75) is 6.42 Å². The number of amides is 1. The van der Waals surface area contributed by atoms with E-state index < -0.39 is 0 Å². The van der Waals surface area contributed by atoms with Gasteiger partial charge in [-0.25, -0.2) is 0 Å². The third kappa shape index (κ3) is 2.82. The summed E-state index contributed by atoms with van der Waals surface area (Å²) in [6, 6.07) is 11.9. The van der Waals surface area contributed by atoms with Crippen LogP contribution in [0, 0.1) is 0 Å². The summed E-state index contributed by atoms with van der Waals surface area (Å²) in [5.74, 6) is 1.06. The molecule has 4 rings (SSSR count). The SMILES string of the molecule is O=C(Cc1c[nH]c2ccccc12)N1CCN(c2cccnn2)CC1. The number of piperazine rings is 1. The van der Waals surface area contributed by atoms with E-state index in [1.807, 2.05) is 41.4 Å². The van der Waals surface area contributed by atoms with Gasteiger partial charge in [0.25, 0.3) is 0 Å². The number of hydrogen-bond acceptors (Lipinski definition) is 4. The summed E-state index contributed by atoms with van der Waals surface area (Å²) < 4.78 is 0. The van der Waals surface area contributed by atoms with E-state index >= 15 is 0 Å². The van der Waals surface area contributed by atoms with Crippen molar-refractivity contribution in [1.82, 2.24) is 20.1 Å². The van der Waals surface area contributed by atoms with Gasteiger partial charge in [-0.1, -0.05) is 18.2 Å². The molecule has 122 valence electrons. The van der Waals surface area contributed by atoms with Crippen LogP contribution in [0.25, 0.3) is 10.9 Å². The molecule has 0 radical (unpaired) electrons. The van der Waals surface area contributed by atoms with Crippen LogP contribution in [0.3, 0.4) is 0 Å². The molecule has 1 aliphatic rings. The molecule has 6 heteroatoms. The lowest BCUT2D eigenvalue weighted by Crippen LogP contribution is -2.49. The van der Waals surface area contributed by atoms with Crippen LogP contribution in [-0.2, 0) is 11.2 Å². The molecule has 2 aromatic heterocycles. The van der Waals surface area contributed by atoms with E-state index in [0.29, 0.717) is 6.42 Å². The van der Waals surface area contributed by atoms with Gasteiger partial charge >= 0.3 is 0 Å². The zero-order valence-electron chi connectivity index (χ0n) is 13.4. The zero-order chi connectivity index (χ0) is 16.4. The standard InChI is InChI=1S/C18H19N5O/c24-18(12-14-13-19-16-5-2-1-4-15(14)16)23-10-8-22(9-11-23)17-6-3-7-20-21-17/h1-7,13,19H,8-12H2. The Labute approximate surface area is 140 Å². The molecule has 1 aliphatic heterocycles. The number of rotatable bonds is 3. The van der Waals surface area contributed by atoms with Crippen LogP contribution in [0.1, 0.15) is 5.56 Å². The smallest absolute Gasteiger partial charge is 0.227 e. The molecule has 1 fully saturated rings. The minimum atomic E-state index is 0.179. The van der Waals surface area contributed by atoms with Crippen molar-refractivity contribution in [3.63, 3.8) is 0 Å². The summed E-state index contributed by atoms with van der Waals surface area (Å²) in [5.41, 5.74) is 2.14. The minimum absolute atomic E-state index is 0.179. The van der Waals surface area contributed by atoms with Crippen LogP contribution in [0.5, 0.6) is 0 Å². The Kier molecular flexibility index (Phi) is 3.86. The molecule has 0 bridgehead atoms. The number of aromatic amines is 1. The molecule has 3 aromatic rings. The van der Waals surface area contributed by atoms with Crippen molar-refractivity contribution in [1.29, 1.82) is 0 Å². The lowest BCUT2D eigenvalue weighted by atomic mass is 10.1. The Bertz CT molecular complexity index is 837. The third-order valence-corrected chi connectivity index (χ3v) is 4.53. The fourth-order valence-corrected chi connectivity index (χ4v) is 3.20. The lowest BCUT2D eigenvalue weighted by Gasteiger charge is -2.35. The van der Waals surface area contributed by atoms with Crippen LogP contribution in [0.2, 0.25) is 0 Å². The number of carbonyl (C=O) groups excluding carboxylic acids is 1. The van der Waals surface area contributed by atoms with Crippen molar-refractivity contribution in [2.75, 3.05) is 31.1 Å². The fraction of sp³-hybridized carbons (Fsp3) is 0.278. The monoisotopic (exact) mass is 321 g/mol. The highest BCUT2D eigenvalue weighted by Crippen LogP contribution is 2.19. The summed E-state index contributed by atoms with van der Waals surface area (Å²) in [4.78, 5) is 20.0. The molecule has 0 unspecified atom stereocenters. The van der Waals surface area contributed by atoms with Crippen molar-refractivity contribution in [3.8, 4) is 0 Å². The van der Waals surface area contributed by atoms with Gasteiger partial charge in [0, 0.05) is 49.5 Å². The summed E-state index contributed by atoms with van der Waals surface area (Å²) in [6.45, 7) is 3.02. The first-order chi connectivity index (χ1) is 11.8. The Balaban J connectivity index is 1.40. The maximum absolute atomic E-state index is 12.6. The maximum atomic E-state index is 12.6. The van der Waals surface area contributed by atoms with Crippen molar-refractivity contribution in [3.05, 3.63) is 54.4 Å². The number of carbonyl (C=O) groups is 1. The van der Waals surface area contributed by atoms with Gasteiger partial charge in [-0.2, -0.15) is 5.10 Å². The van der Waals surface area contributed by atoms with E-state index in [0.717, 1.165) is 48.5 Å². The van der Waals surface area contributed by atoms with E-state index in [9.17, 15) is 4.79 Å². The van der Waals surface area contributed by atoms with E-state index in [1.54, 1.807) is 6.20 Å². The second-order valence-electron chi connectivity index (χ2n) is 5.99. The molecular weight excluding hydrogens is 302 g/mol. The second kappa shape index (κ2) is 6.31. The molecule has 0 spiro atoms. The molecule has 0 saturated carbocycles. The van der Waals surface area contributed by atoms with Crippen molar-refractivity contribution < 1.29 is 4.79 Å². The van der Waals surface area contributed by atoms with Crippen LogP contribution in [0.15, 0.2) is 48.8 Å². The van der Waals surface area contributed by atoms with Gasteiger partial charge in [0.15, 0.2) is 5.82 Å². The van der Waals surface area contributed by atoms with E-state index in [-0.39, 0.29) is 5.91 Å². The molecule has 0 aliphatic carbocycles. The minimum Gasteiger partial charge on any atom is -0.361 e. The average molecular weight is 321 g/mol. The number of hydrogen-bond donors (Lipinski definition) is 1. The number of H-pyrrole nitrogens is 1. The first-order valence-electron chi connectivity index (χ1n) is 8.17. The van der Waals surface area contributed by atoms with E-state index in [2.05, 4.69) is 26.1 Å². The van der Waals surface area contributed by atoms with Crippen LogP contribution in [-0.4, -0.2) is 52.2 Å². The zero-order valence-corrected chi connectivity index (χ0v) is 13.4. The molecule has 24 heavy (non-hydrogen) atoms. The van der Waals surface area contributed by atoms with Crippen LogP contribution >= 0.6 is 0 Å². The van der Waals surface area contributed by atoms with Gasteiger partial charge in [-0.05, 0) is 23.8 Å².